The van der Waals surface area contributed by atoms with Crippen LogP contribution in [-0.4, -0.2) is 38.3 Å². The number of nitrogens with two attached hydrogens (primary N) is 1. The summed E-state index contributed by atoms with van der Waals surface area (Å²) in [7, 11) is 0. The summed E-state index contributed by atoms with van der Waals surface area (Å²) >= 11 is 0. The molecular weight excluding hydrogens is 406 g/mol. The van der Waals surface area contributed by atoms with Gasteiger partial charge in [-0.15, -0.1) is 0 Å². The maximum absolute atomic E-state index is 11.5. The van der Waals surface area contributed by atoms with E-state index in [-0.39, 0.29) is 24.0 Å². The van der Waals surface area contributed by atoms with Crippen LogP contribution in [0.4, 0.5) is 11.8 Å². The number of rotatable bonds is 9. The van der Waals surface area contributed by atoms with Crippen LogP contribution in [0.15, 0.2) is 24.3 Å². The molecule has 32 heavy (non-hydrogen) atoms. The van der Waals surface area contributed by atoms with Gasteiger partial charge in [0.25, 0.3) is 0 Å². The minimum atomic E-state index is -0.358. The quantitative estimate of drug-likeness (QED) is 0.340. The molecule has 2 aromatic heterocycles. The molecule has 3 rings (SSSR count). The van der Waals surface area contributed by atoms with Gasteiger partial charge in [0.2, 0.25) is 5.95 Å². The van der Waals surface area contributed by atoms with Gasteiger partial charge in [0.1, 0.15) is 16.8 Å². The van der Waals surface area contributed by atoms with Crippen LogP contribution in [0.5, 0.6) is 5.75 Å². The Kier molecular flexibility index (Phi) is 7.29. The predicted octanol–water partition coefficient (Wildman–Crippen LogP) is 3.83. The van der Waals surface area contributed by atoms with Gasteiger partial charge in [0.15, 0.2) is 5.82 Å². The van der Waals surface area contributed by atoms with Crippen molar-refractivity contribution in [3.05, 3.63) is 35.5 Å². The summed E-state index contributed by atoms with van der Waals surface area (Å²) in [6, 6.07) is 7.53. The zero-order chi connectivity index (χ0) is 23.4. The van der Waals surface area contributed by atoms with Crippen LogP contribution < -0.4 is 21.1 Å². The standard InChI is InChI=1S/C23H33N7O2/c1-13(2)19-20-21(30(29-19)14(3)4)22(28-23(27-20)26-11-15(5)24)25-12-17-9-7-8-10-18(17)32-16(6)31/h7-10,13-15H,11-12,24H2,1-6H3,(H2,25,26,27,28). The molecule has 0 aliphatic rings. The normalized spacial score (nSPS) is 12.4. The third-order valence-corrected chi connectivity index (χ3v) is 4.86. The lowest BCUT2D eigenvalue weighted by Crippen LogP contribution is -2.26. The summed E-state index contributed by atoms with van der Waals surface area (Å²) in [4.78, 5) is 21.0. The number of anilines is 2. The fourth-order valence-corrected chi connectivity index (χ4v) is 3.36. The van der Waals surface area contributed by atoms with E-state index in [1.54, 1.807) is 6.07 Å². The second-order valence-electron chi connectivity index (χ2n) is 8.58. The van der Waals surface area contributed by atoms with E-state index in [0.717, 1.165) is 22.3 Å². The van der Waals surface area contributed by atoms with Crippen molar-refractivity contribution in [2.45, 2.75) is 66.1 Å². The van der Waals surface area contributed by atoms with Crippen LogP contribution in [-0.2, 0) is 11.3 Å². The SMILES string of the molecule is CC(=O)Oc1ccccc1CNc1nc(NCC(C)N)nc2c(C(C)C)nn(C(C)C)c12. The average molecular weight is 440 g/mol. The summed E-state index contributed by atoms with van der Waals surface area (Å²) in [5.41, 5.74) is 9.34. The van der Waals surface area contributed by atoms with E-state index in [9.17, 15) is 4.79 Å². The van der Waals surface area contributed by atoms with Crippen molar-refractivity contribution in [3.63, 3.8) is 0 Å². The molecule has 0 bridgehead atoms. The van der Waals surface area contributed by atoms with Gasteiger partial charge in [-0.05, 0) is 32.8 Å². The van der Waals surface area contributed by atoms with Crippen molar-refractivity contribution in [2.24, 2.45) is 5.73 Å². The molecule has 0 radical (unpaired) electrons. The minimum Gasteiger partial charge on any atom is -0.426 e. The highest BCUT2D eigenvalue weighted by Crippen LogP contribution is 2.31. The zero-order valence-electron chi connectivity index (χ0n) is 19.6. The monoisotopic (exact) mass is 439 g/mol. The highest BCUT2D eigenvalue weighted by Gasteiger charge is 2.22. The van der Waals surface area contributed by atoms with Crippen LogP contribution in [0.2, 0.25) is 0 Å². The van der Waals surface area contributed by atoms with Crippen molar-refractivity contribution in [2.75, 3.05) is 17.2 Å². The fourth-order valence-electron chi connectivity index (χ4n) is 3.36. The van der Waals surface area contributed by atoms with Crippen LogP contribution in [0, 0.1) is 0 Å². The lowest BCUT2D eigenvalue weighted by Gasteiger charge is -2.15. The van der Waals surface area contributed by atoms with E-state index in [0.29, 0.717) is 30.6 Å². The molecule has 2 heterocycles. The molecule has 172 valence electrons. The summed E-state index contributed by atoms with van der Waals surface area (Å²) in [5.74, 6) is 1.52. The number of nitrogens with zero attached hydrogens (tertiary/aromatic N) is 4. The lowest BCUT2D eigenvalue weighted by molar-refractivity contribution is -0.131. The second kappa shape index (κ2) is 9.95. The molecule has 0 saturated carbocycles. The number of carbonyl (C=O) groups excluding carboxylic acids is 1. The third-order valence-electron chi connectivity index (χ3n) is 4.86. The number of benzene rings is 1. The Morgan fingerprint density at radius 2 is 1.84 bits per heavy atom. The summed E-state index contributed by atoms with van der Waals surface area (Å²) in [5, 5.41) is 11.5. The Balaban J connectivity index is 2.06. The first-order chi connectivity index (χ1) is 15.2. The molecule has 0 amide bonds. The fraction of sp³-hybridized carbons (Fsp3) is 0.478. The Bertz CT molecular complexity index is 1090. The Labute approximate surface area is 188 Å². The molecule has 0 saturated heterocycles. The van der Waals surface area contributed by atoms with Gasteiger partial charge in [-0.2, -0.15) is 10.1 Å². The van der Waals surface area contributed by atoms with Crippen molar-refractivity contribution in [1.29, 1.82) is 0 Å². The summed E-state index contributed by atoms with van der Waals surface area (Å²) in [6.07, 6.45) is 0. The molecule has 4 N–H and O–H groups in total. The maximum Gasteiger partial charge on any atom is 0.308 e. The molecule has 0 fully saturated rings. The zero-order valence-corrected chi connectivity index (χ0v) is 19.6. The van der Waals surface area contributed by atoms with E-state index in [1.807, 2.05) is 29.8 Å². The molecule has 1 aromatic carbocycles. The van der Waals surface area contributed by atoms with Crippen LogP contribution in [0.25, 0.3) is 11.0 Å². The van der Waals surface area contributed by atoms with Gasteiger partial charge in [0.05, 0.1) is 5.69 Å². The van der Waals surface area contributed by atoms with Gasteiger partial charge >= 0.3 is 5.97 Å². The predicted molar refractivity (Wildman–Crippen MR) is 127 cm³/mol. The van der Waals surface area contributed by atoms with Gasteiger partial charge in [-0.1, -0.05) is 32.0 Å². The number of aromatic nitrogens is 4. The van der Waals surface area contributed by atoms with Crippen LogP contribution in [0.3, 0.4) is 0 Å². The molecule has 1 unspecified atom stereocenters. The average Bonchev–Trinajstić information content (AvgIpc) is 3.11. The highest BCUT2D eigenvalue weighted by molar-refractivity contribution is 5.89. The number of hydrogen-bond acceptors (Lipinski definition) is 8. The highest BCUT2D eigenvalue weighted by atomic mass is 16.5. The summed E-state index contributed by atoms with van der Waals surface area (Å²) < 4.78 is 7.31. The van der Waals surface area contributed by atoms with Crippen LogP contribution >= 0.6 is 0 Å². The van der Waals surface area contributed by atoms with Gasteiger partial charge < -0.3 is 21.1 Å². The first kappa shape index (κ1) is 23.5. The second-order valence-corrected chi connectivity index (χ2v) is 8.58. The first-order valence-corrected chi connectivity index (χ1v) is 11.0. The number of esters is 1. The first-order valence-electron chi connectivity index (χ1n) is 11.0. The Hall–Kier alpha value is -3.20. The number of hydrogen-bond donors (Lipinski definition) is 3. The molecule has 0 spiro atoms. The molecule has 9 heteroatoms. The topological polar surface area (TPSA) is 120 Å². The van der Waals surface area contributed by atoms with Gasteiger partial charge in [-0.25, -0.2) is 4.98 Å². The van der Waals surface area contributed by atoms with E-state index in [4.69, 9.17) is 25.5 Å². The van der Waals surface area contributed by atoms with E-state index in [1.165, 1.54) is 6.92 Å². The molecule has 1 atom stereocenters. The number of nitrogens with one attached hydrogen (secondary N) is 2. The molecule has 3 aromatic rings. The summed E-state index contributed by atoms with van der Waals surface area (Å²) in [6.45, 7) is 12.7. The molecular formula is C23H33N7O2. The third kappa shape index (κ3) is 5.34. The number of para-hydroxylation sites is 1. The molecule has 0 aliphatic carbocycles. The number of fused-ring (bicyclic) bond motifs is 1. The number of ether oxygens (including phenoxy) is 1. The van der Waals surface area contributed by atoms with Crippen LogP contribution in [0.1, 0.15) is 64.8 Å². The van der Waals surface area contributed by atoms with Crippen molar-refractivity contribution < 1.29 is 9.53 Å². The lowest BCUT2D eigenvalue weighted by atomic mass is 10.1. The van der Waals surface area contributed by atoms with E-state index >= 15 is 0 Å². The van der Waals surface area contributed by atoms with Crippen molar-refractivity contribution in [1.82, 2.24) is 19.7 Å². The number of carbonyl (C=O) groups is 1. The van der Waals surface area contributed by atoms with Gasteiger partial charge in [0, 0.05) is 37.7 Å². The van der Waals surface area contributed by atoms with E-state index < -0.39 is 0 Å². The van der Waals surface area contributed by atoms with Crippen molar-refractivity contribution >= 4 is 28.8 Å². The smallest absolute Gasteiger partial charge is 0.308 e. The van der Waals surface area contributed by atoms with Crippen molar-refractivity contribution in [3.8, 4) is 5.75 Å². The van der Waals surface area contributed by atoms with Gasteiger partial charge in [-0.3, -0.25) is 9.48 Å². The Morgan fingerprint density at radius 3 is 2.47 bits per heavy atom. The minimum absolute atomic E-state index is 0.0377. The Morgan fingerprint density at radius 1 is 1.12 bits per heavy atom. The van der Waals surface area contributed by atoms with E-state index in [2.05, 4.69) is 38.3 Å². The molecule has 9 nitrogen and oxygen atoms in total. The molecule has 0 aliphatic heterocycles. The largest absolute Gasteiger partial charge is 0.426 e. The maximum atomic E-state index is 11.5.